The summed E-state index contributed by atoms with van der Waals surface area (Å²) >= 11 is 0. The second-order valence-electron chi connectivity index (χ2n) is 7.77. The highest BCUT2D eigenvalue weighted by Gasteiger charge is 2.89. The Morgan fingerprint density at radius 3 is 2.30 bits per heavy atom. The van der Waals surface area contributed by atoms with Gasteiger partial charge >= 0.3 is 11.9 Å². The van der Waals surface area contributed by atoms with Gasteiger partial charge < -0.3 is 29.9 Å². The topological polar surface area (TPSA) is 134 Å². The first-order chi connectivity index (χ1) is 10.5. The van der Waals surface area contributed by atoms with Crippen molar-refractivity contribution in [1.82, 2.24) is 0 Å². The fourth-order valence-corrected chi connectivity index (χ4v) is 5.59. The van der Waals surface area contributed by atoms with Crippen LogP contribution < -0.4 is 0 Å². The molecule has 2 spiro atoms. The summed E-state index contributed by atoms with van der Waals surface area (Å²) in [5, 5.41) is 44.0. The molecule has 23 heavy (non-hydrogen) atoms. The molecule has 0 aromatic rings. The summed E-state index contributed by atoms with van der Waals surface area (Å²) in [7, 11) is 0. The van der Waals surface area contributed by atoms with E-state index in [9.17, 15) is 30.0 Å². The molecule has 2 heterocycles. The van der Waals surface area contributed by atoms with E-state index in [0.717, 1.165) is 0 Å². The van der Waals surface area contributed by atoms with Crippen LogP contribution in [-0.2, 0) is 19.1 Å². The maximum absolute atomic E-state index is 12.4. The van der Waals surface area contributed by atoms with Crippen LogP contribution >= 0.6 is 0 Å². The first-order valence-corrected chi connectivity index (χ1v) is 7.71. The molecule has 0 aromatic carbocycles. The zero-order valence-corrected chi connectivity index (χ0v) is 12.9. The standard InChI is InChI=1S/C15H20O8/c1-11(19)3-4-15(21)13(11)5-7(23-9(17)8(13)16)12(2,20)14(15)6-22-10(14)18/h7-8,16,19-21H,3-6H2,1-2H3. The molecule has 2 aliphatic carbocycles. The van der Waals surface area contributed by atoms with Crippen LogP contribution in [0.4, 0.5) is 0 Å². The van der Waals surface area contributed by atoms with Gasteiger partial charge in [0, 0.05) is 6.42 Å². The Balaban J connectivity index is 2.04. The highest BCUT2D eigenvalue weighted by atomic mass is 16.6. The van der Waals surface area contributed by atoms with E-state index in [0.29, 0.717) is 0 Å². The molecule has 0 radical (unpaired) electrons. The maximum atomic E-state index is 12.4. The van der Waals surface area contributed by atoms with Gasteiger partial charge in [0.15, 0.2) is 11.5 Å². The van der Waals surface area contributed by atoms with Crippen molar-refractivity contribution in [2.45, 2.75) is 62.1 Å². The van der Waals surface area contributed by atoms with Gasteiger partial charge in [-0.2, -0.15) is 0 Å². The number of aliphatic hydroxyl groups excluding tert-OH is 1. The van der Waals surface area contributed by atoms with Gasteiger partial charge in [-0.05, 0) is 26.7 Å². The minimum atomic E-state index is -1.97. The molecule has 0 amide bonds. The first-order valence-electron chi connectivity index (χ1n) is 7.71. The zero-order chi connectivity index (χ0) is 17.1. The van der Waals surface area contributed by atoms with Crippen molar-refractivity contribution in [2.75, 3.05) is 6.61 Å². The van der Waals surface area contributed by atoms with E-state index in [4.69, 9.17) is 9.47 Å². The average molecular weight is 328 g/mol. The third-order valence-electron chi connectivity index (χ3n) is 7.09. The van der Waals surface area contributed by atoms with Gasteiger partial charge in [-0.15, -0.1) is 0 Å². The van der Waals surface area contributed by atoms with Gasteiger partial charge in [-0.1, -0.05) is 0 Å². The molecule has 2 saturated heterocycles. The van der Waals surface area contributed by atoms with Crippen LogP contribution in [0.5, 0.6) is 0 Å². The maximum Gasteiger partial charge on any atom is 0.336 e. The van der Waals surface area contributed by atoms with Crippen molar-refractivity contribution < 1.29 is 39.5 Å². The fraction of sp³-hybridized carbons (Fsp3) is 0.867. The Kier molecular flexibility index (Phi) is 2.47. The van der Waals surface area contributed by atoms with E-state index in [1.54, 1.807) is 0 Å². The third kappa shape index (κ3) is 1.18. The molecule has 4 rings (SSSR count). The normalized spacial score (nSPS) is 60.8. The van der Waals surface area contributed by atoms with Crippen LogP contribution in [-0.4, -0.2) is 68.0 Å². The lowest BCUT2D eigenvalue weighted by Gasteiger charge is -2.69. The van der Waals surface area contributed by atoms with Crippen LogP contribution in [0.3, 0.4) is 0 Å². The Hall–Kier alpha value is -1.22. The predicted molar refractivity (Wildman–Crippen MR) is 71.8 cm³/mol. The average Bonchev–Trinajstić information content (AvgIpc) is 2.64. The summed E-state index contributed by atoms with van der Waals surface area (Å²) in [6, 6.07) is 0. The Morgan fingerprint density at radius 2 is 1.78 bits per heavy atom. The molecule has 2 bridgehead atoms. The summed E-state index contributed by atoms with van der Waals surface area (Å²) in [5.41, 5.74) is -8.88. The van der Waals surface area contributed by atoms with Gasteiger partial charge in [0.2, 0.25) is 0 Å². The molecule has 0 aromatic heterocycles. The number of esters is 2. The lowest BCUT2D eigenvalue weighted by molar-refractivity contribution is -0.370. The van der Waals surface area contributed by atoms with Crippen LogP contribution in [0.2, 0.25) is 0 Å². The number of cyclic esters (lactones) is 1. The zero-order valence-electron chi connectivity index (χ0n) is 12.9. The number of aliphatic hydroxyl groups is 4. The smallest absolute Gasteiger partial charge is 0.336 e. The molecule has 4 fully saturated rings. The van der Waals surface area contributed by atoms with Crippen LogP contribution in [0.25, 0.3) is 0 Å². The number of fused-ring (bicyclic) bond motifs is 2. The molecular weight excluding hydrogens is 308 g/mol. The number of ether oxygens (including phenoxy) is 2. The molecule has 7 unspecified atom stereocenters. The number of rotatable bonds is 0. The first kappa shape index (κ1) is 15.3. The molecular formula is C15H20O8. The van der Waals surface area contributed by atoms with Gasteiger partial charge in [0.05, 0.1) is 16.6 Å². The van der Waals surface area contributed by atoms with Crippen molar-refractivity contribution in [1.29, 1.82) is 0 Å². The van der Waals surface area contributed by atoms with Gasteiger partial charge in [0.1, 0.15) is 18.3 Å². The quantitative estimate of drug-likeness (QED) is 0.384. The molecule has 128 valence electrons. The summed E-state index contributed by atoms with van der Waals surface area (Å²) < 4.78 is 10.00. The van der Waals surface area contributed by atoms with Crippen LogP contribution in [0, 0.1) is 10.8 Å². The Morgan fingerprint density at radius 1 is 1.13 bits per heavy atom. The minimum absolute atomic E-state index is 0.0394. The highest BCUT2D eigenvalue weighted by molar-refractivity contribution is 5.88. The van der Waals surface area contributed by atoms with Crippen LogP contribution in [0.15, 0.2) is 0 Å². The molecule has 8 heteroatoms. The number of carbonyl (C=O) groups excluding carboxylic acids is 2. The van der Waals surface area contributed by atoms with E-state index >= 15 is 0 Å². The van der Waals surface area contributed by atoms with Gasteiger partial charge in [-0.25, -0.2) is 4.79 Å². The largest absolute Gasteiger partial charge is 0.464 e. The molecule has 7 atom stereocenters. The predicted octanol–water partition coefficient (Wildman–Crippen LogP) is -1.77. The van der Waals surface area contributed by atoms with E-state index < -0.39 is 51.8 Å². The monoisotopic (exact) mass is 328 g/mol. The SMILES string of the molecule is CC1(O)CCC2(O)C3(COC3=O)C(C)(O)C3CC12C(O)C(=O)O3. The number of hydrogen-bond donors (Lipinski definition) is 4. The summed E-state index contributed by atoms with van der Waals surface area (Å²) in [6.07, 6.45) is -3.02. The molecule has 4 N–H and O–H groups in total. The lowest BCUT2D eigenvalue weighted by Crippen LogP contribution is -2.87. The summed E-state index contributed by atoms with van der Waals surface area (Å²) in [6.45, 7) is 2.51. The lowest BCUT2D eigenvalue weighted by atomic mass is 9.41. The summed E-state index contributed by atoms with van der Waals surface area (Å²) in [4.78, 5) is 24.5. The van der Waals surface area contributed by atoms with Crippen LogP contribution in [0.1, 0.15) is 33.1 Å². The van der Waals surface area contributed by atoms with Crippen molar-refractivity contribution >= 4 is 11.9 Å². The molecule has 2 saturated carbocycles. The Labute approximate surface area is 132 Å². The van der Waals surface area contributed by atoms with Gasteiger partial charge in [-0.3, -0.25) is 4.79 Å². The number of carbonyl (C=O) groups is 2. The van der Waals surface area contributed by atoms with Crippen molar-refractivity contribution in [2.24, 2.45) is 10.8 Å². The Bertz CT molecular complexity index is 627. The van der Waals surface area contributed by atoms with Crippen molar-refractivity contribution in [3.63, 3.8) is 0 Å². The van der Waals surface area contributed by atoms with E-state index in [-0.39, 0.29) is 25.9 Å². The second-order valence-corrected chi connectivity index (χ2v) is 7.77. The molecule has 4 aliphatic rings. The van der Waals surface area contributed by atoms with Crippen molar-refractivity contribution in [3.8, 4) is 0 Å². The van der Waals surface area contributed by atoms with Gasteiger partial charge in [0.25, 0.3) is 0 Å². The third-order valence-corrected chi connectivity index (χ3v) is 7.09. The fourth-order valence-electron chi connectivity index (χ4n) is 5.59. The summed E-state index contributed by atoms with van der Waals surface area (Å²) in [5.74, 6) is -1.81. The minimum Gasteiger partial charge on any atom is -0.464 e. The van der Waals surface area contributed by atoms with E-state index in [1.807, 2.05) is 0 Å². The number of hydrogen-bond acceptors (Lipinski definition) is 8. The molecule has 2 aliphatic heterocycles. The molecule has 8 nitrogen and oxygen atoms in total. The van der Waals surface area contributed by atoms with Crippen molar-refractivity contribution in [3.05, 3.63) is 0 Å². The van der Waals surface area contributed by atoms with E-state index in [2.05, 4.69) is 0 Å². The van der Waals surface area contributed by atoms with E-state index in [1.165, 1.54) is 13.8 Å². The second kappa shape index (κ2) is 3.72. The highest BCUT2D eigenvalue weighted by Crippen LogP contribution is 2.73.